The molecule has 3 heterocycles. The summed E-state index contributed by atoms with van der Waals surface area (Å²) in [6.45, 7) is 1.68. The van der Waals surface area contributed by atoms with Crippen LogP contribution in [0.5, 0.6) is 0 Å². The number of carbonyl (C=O) groups is 2. The molecule has 2 aliphatic rings. The van der Waals surface area contributed by atoms with Crippen LogP contribution in [0.3, 0.4) is 0 Å². The van der Waals surface area contributed by atoms with Crippen molar-refractivity contribution in [2.45, 2.75) is 44.6 Å². The van der Waals surface area contributed by atoms with Crippen LogP contribution in [-0.2, 0) is 22.1 Å². The highest BCUT2D eigenvalue weighted by molar-refractivity contribution is 7.17. The smallest absolute Gasteiger partial charge is 0.417 e. The zero-order valence-corrected chi connectivity index (χ0v) is 17.6. The monoisotopic (exact) mass is 477 g/mol. The van der Waals surface area contributed by atoms with Crippen molar-refractivity contribution < 1.29 is 36.6 Å². The highest BCUT2D eigenvalue weighted by Gasteiger charge is 2.41. The van der Waals surface area contributed by atoms with Gasteiger partial charge in [0.2, 0.25) is 0 Å². The summed E-state index contributed by atoms with van der Waals surface area (Å²) in [5.74, 6) is -3.56. The predicted octanol–water partition coefficient (Wildman–Crippen LogP) is 5.76. The van der Waals surface area contributed by atoms with Gasteiger partial charge in [0.15, 0.2) is 5.82 Å². The molecule has 1 fully saturated rings. The maximum Gasteiger partial charge on any atom is 0.417 e. The number of benzene rings is 1. The Hall–Kier alpha value is -2.17. The van der Waals surface area contributed by atoms with E-state index in [1.54, 1.807) is 6.92 Å². The van der Waals surface area contributed by atoms with Crippen molar-refractivity contribution in [3.05, 3.63) is 50.1 Å². The van der Waals surface area contributed by atoms with Gasteiger partial charge in [-0.25, -0.2) is 9.18 Å². The van der Waals surface area contributed by atoms with E-state index in [2.05, 4.69) is 5.32 Å². The van der Waals surface area contributed by atoms with Crippen LogP contribution in [-0.4, -0.2) is 24.6 Å². The lowest BCUT2D eigenvalue weighted by Crippen LogP contribution is -2.22. The number of nitrogens with one attached hydrogen (secondary N) is 1. The molecule has 5 nitrogen and oxygen atoms in total. The van der Waals surface area contributed by atoms with Crippen LogP contribution in [0, 0.1) is 5.82 Å². The summed E-state index contributed by atoms with van der Waals surface area (Å²) >= 11 is 6.65. The second kappa shape index (κ2) is 8.07. The van der Waals surface area contributed by atoms with Crippen LogP contribution < -0.4 is 5.32 Å². The van der Waals surface area contributed by atoms with Crippen molar-refractivity contribution >= 4 is 39.8 Å². The molecule has 166 valence electrons. The number of amides is 1. The summed E-state index contributed by atoms with van der Waals surface area (Å²) < 4.78 is 65.5. The topological polar surface area (TPSA) is 64.6 Å². The number of anilines is 1. The quantitative estimate of drug-likeness (QED) is 0.449. The number of ether oxygens (including phenoxy) is 2. The summed E-state index contributed by atoms with van der Waals surface area (Å²) in [4.78, 5) is 26.1. The van der Waals surface area contributed by atoms with Gasteiger partial charge in [-0.3, -0.25) is 4.79 Å². The van der Waals surface area contributed by atoms with Crippen LogP contribution in [0.15, 0.2) is 12.1 Å². The molecule has 2 unspecified atom stereocenters. The number of carbonyl (C=O) groups excluding carboxylic acids is 2. The molecule has 1 amide bonds. The van der Waals surface area contributed by atoms with Crippen molar-refractivity contribution in [1.29, 1.82) is 0 Å². The minimum atomic E-state index is -4.98. The first-order chi connectivity index (χ1) is 14.6. The number of hydrogen-bond acceptors (Lipinski definition) is 5. The molecule has 0 aliphatic carbocycles. The molecule has 1 saturated heterocycles. The van der Waals surface area contributed by atoms with Crippen molar-refractivity contribution in [2.24, 2.45) is 0 Å². The first-order valence-electron chi connectivity index (χ1n) is 9.46. The SMILES string of the molecule is CCOC(=O)c1c(NC(=O)c2c(C(F)(F)F)ccc(Cl)c2F)sc2c1CC1CCC2O1. The molecule has 2 aliphatic heterocycles. The predicted molar refractivity (Wildman–Crippen MR) is 105 cm³/mol. The van der Waals surface area contributed by atoms with E-state index < -0.39 is 40.0 Å². The van der Waals surface area contributed by atoms with E-state index in [1.165, 1.54) is 0 Å². The van der Waals surface area contributed by atoms with Gasteiger partial charge in [0.25, 0.3) is 5.91 Å². The second-order valence-electron chi connectivity index (χ2n) is 7.13. The van der Waals surface area contributed by atoms with E-state index >= 15 is 0 Å². The lowest BCUT2D eigenvalue weighted by Gasteiger charge is -2.21. The molecular formula is C20H16ClF4NO4S. The Balaban J connectivity index is 1.77. The molecule has 11 heteroatoms. The first kappa shape index (κ1) is 22.0. The van der Waals surface area contributed by atoms with Crippen molar-refractivity contribution in [1.82, 2.24) is 0 Å². The molecule has 2 aromatic rings. The van der Waals surface area contributed by atoms with E-state index in [1.807, 2.05) is 0 Å². The van der Waals surface area contributed by atoms with Gasteiger partial charge in [-0.2, -0.15) is 13.2 Å². The first-order valence-corrected chi connectivity index (χ1v) is 10.7. The maximum atomic E-state index is 14.5. The number of hydrogen-bond donors (Lipinski definition) is 1. The lowest BCUT2D eigenvalue weighted by atomic mass is 10.0. The lowest BCUT2D eigenvalue weighted by molar-refractivity contribution is -0.138. The van der Waals surface area contributed by atoms with E-state index in [0.717, 1.165) is 35.1 Å². The third kappa shape index (κ3) is 3.92. The van der Waals surface area contributed by atoms with Gasteiger partial charge in [0, 0.05) is 11.3 Å². The van der Waals surface area contributed by atoms with E-state index in [4.69, 9.17) is 21.1 Å². The van der Waals surface area contributed by atoms with E-state index in [0.29, 0.717) is 18.1 Å². The molecule has 0 radical (unpaired) electrons. The fourth-order valence-electron chi connectivity index (χ4n) is 3.90. The van der Waals surface area contributed by atoms with Crippen molar-refractivity contribution in [3.63, 3.8) is 0 Å². The highest BCUT2D eigenvalue weighted by Crippen LogP contribution is 2.49. The molecule has 4 rings (SSSR count). The summed E-state index contributed by atoms with van der Waals surface area (Å²) in [7, 11) is 0. The zero-order chi connectivity index (χ0) is 22.5. The van der Waals surface area contributed by atoms with Gasteiger partial charge >= 0.3 is 12.1 Å². The summed E-state index contributed by atoms with van der Waals surface area (Å²) in [5.41, 5.74) is -1.97. The molecule has 1 N–H and O–H groups in total. The highest BCUT2D eigenvalue weighted by atomic mass is 35.5. The fourth-order valence-corrected chi connectivity index (χ4v) is 5.35. The summed E-state index contributed by atoms with van der Waals surface area (Å²) in [6.07, 6.45) is -3.35. The normalized spacial score (nSPS) is 19.8. The Bertz CT molecular complexity index is 1070. The fraction of sp³-hybridized carbons (Fsp3) is 0.400. The number of thiophene rings is 1. The molecule has 1 aromatic heterocycles. The summed E-state index contributed by atoms with van der Waals surface area (Å²) in [5, 5.41) is 1.66. The van der Waals surface area contributed by atoms with Crippen LogP contribution in [0.1, 0.15) is 62.6 Å². The largest absolute Gasteiger partial charge is 0.462 e. The van der Waals surface area contributed by atoms with E-state index in [-0.39, 0.29) is 29.4 Å². The average molecular weight is 478 g/mol. The number of esters is 1. The maximum absolute atomic E-state index is 14.5. The summed E-state index contributed by atoms with van der Waals surface area (Å²) in [6, 6.07) is 1.28. The van der Waals surface area contributed by atoms with Crippen LogP contribution in [0.2, 0.25) is 5.02 Å². The molecule has 0 spiro atoms. The van der Waals surface area contributed by atoms with Gasteiger partial charge in [-0.15, -0.1) is 11.3 Å². The molecule has 2 atom stereocenters. The number of halogens is 5. The van der Waals surface area contributed by atoms with Crippen LogP contribution in [0.25, 0.3) is 0 Å². The Morgan fingerprint density at radius 2 is 2.03 bits per heavy atom. The Labute approximate surface area is 183 Å². The van der Waals surface area contributed by atoms with Gasteiger partial charge in [-0.05, 0) is 37.5 Å². The van der Waals surface area contributed by atoms with Gasteiger partial charge in [-0.1, -0.05) is 11.6 Å². The number of rotatable bonds is 4. The third-order valence-corrected chi connectivity index (χ3v) is 6.74. The average Bonchev–Trinajstić information content (AvgIpc) is 3.25. The Morgan fingerprint density at radius 3 is 2.71 bits per heavy atom. The molecule has 31 heavy (non-hydrogen) atoms. The number of fused-ring (bicyclic) bond motifs is 4. The number of alkyl halides is 3. The van der Waals surface area contributed by atoms with Gasteiger partial charge in [0.05, 0.1) is 40.5 Å². The standard InChI is InChI=1S/C20H16ClF4NO4S/c1-2-29-19(28)13-9-7-8-3-6-12(30-8)16(9)31-18(13)26-17(27)14-10(20(23,24)25)4-5-11(21)15(14)22/h4-5,8,12H,2-3,6-7H2,1H3,(H,26,27). The van der Waals surface area contributed by atoms with Crippen LogP contribution in [0.4, 0.5) is 22.6 Å². The van der Waals surface area contributed by atoms with Gasteiger partial charge < -0.3 is 14.8 Å². The molecule has 1 aromatic carbocycles. The third-order valence-electron chi connectivity index (χ3n) is 5.20. The molecule has 0 saturated carbocycles. The van der Waals surface area contributed by atoms with Crippen molar-refractivity contribution in [2.75, 3.05) is 11.9 Å². The van der Waals surface area contributed by atoms with Gasteiger partial charge in [0.1, 0.15) is 5.00 Å². The second-order valence-corrected chi connectivity index (χ2v) is 8.59. The van der Waals surface area contributed by atoms with Crippen molar-refractivity contribution in [3.8, 4) is 0 Å². The minimum Gasteiger partial charge on any atom is -0.462 e. The zero-order valence-electron chi connectivity index (χ0n) is 16.1. The minimum absolute atomic E-state index is 0.00269. The van der Waals surface area contributed by atoms with Crippen LogP contribution >= 0.6 is 22.9 Å². The Kier molecular flexibility index (Phi) is 5.74. The molecule has 2 bridgehead atoms. The Morgan fingerprint density at radius 1 is 1.29 bits per heavy atom. The molecular weight excluding hydrogens is 462 g/mol. The van der Waals surface area contributed by atoms with E-state index in [9.17, 15) is 27.2 Å².